The van der Waals surface area contributed by atoms with Crippen LogP contribution < -0.4 is 10.0 Å². The Morgan fingerprint density at radius 1 is 1.12 bits per heavy atom. The maximum absolute atomic E-state index is 12.4. The third kappa shape index (κ3) is 3.41. The predicted octanol–water partition coefficient (Wildman–Crippen LogP) is 3.92. The molecular weight excluding hydrogens is 330 g/mol. The molecule has 5 heteroatoms. The molecule has 1 heterocycles. The summed E-state index contributed by atoms with van der Waals surface area (Å²) in [4.78, 5) is 14.9. The Labute approximate surface area is 155 Å². The minimum atomic E-state index is -0.0656. The van der Waals surface area contributed by atoms with Crippen LogP contribution in [0.25, 0.3) is 0 Å². The highest BCUT2D eigenvalue weighted by Gasteiger charge is 2.30. The van der Waals surface area contributed by atoms with Crippen LogP contribution in [0.1, 0.15) is 55.4 Å². The van der Waals surface area contributed by atoms with Crippen LogP contribution in [0.5, 0.6) is 0 Å². The van der Waals surface area contributed by atoms with E-state index in [-0.39, 0.29) is 6.03 Å². The lowest BCUT2D eigenvalue weighted by Crippen LogP contribution is -2.53. The van der Waals surface area contributed by atoms with Crippen molar-refractivity contribution in [2.75, 3.05) is 17.6 Å². The van der Waals surface area contributed by atoms with Crippen molar-refractivity contribution in [2.45, 2.75) is 70.9 Å². The minimum absolute atomic E-state index is 0.0656. The lowest BCUT2D eigenvalue weighted by Gasteiger charge is -2.45. The van der Waals surface area contributed by atoms with Crippen molar-refractivity contribution in [3.8, 4) is 0 Å². The Morgan fingerprint density at radius 3 is 2.36 bits per heavy atom. The summed E-state index contributed by atoms with van der Waals surface area (Å²) in [5.41, 5.74) is 6.84. The number of carbonyl (C=O) groups is 1. The van der Waals surface area contributed by atoms with E-state index in [4.69, 9.17) is 0 Å². The molecule has 25 heavy (non-hydrogen) atoms. The number of rotatable bonds is 5. The van der Waals surface area contributed by atoms with E-state index in [1.807, 2.05) is 0 Å². The van der Waals surface area contributed by atoms with E-state index in [0.717, 1.165) is 30.8 Å². The van der Waals surface area contributed by atoms with E-state index in [9.17, 15) is 4.79 Å². The summed E-state index contributed by atoms with van der Waals surface area (Å²) in [7, 11) is 0. The average Bonchev–Trinajstić information content (AvgIpc) is 3.23. The molecule has 2 atom stereocenters. The number of likely N-dealkylation sites (tertiary alicyclic amines) is 1. The van der Waals surface area contributed by atoms with Crippen LogP contribution >= 0.6 is 11.9 Å². The van der Waals surface area contributed by atoms with Crippen LogP contribution in [0.4, 0.5) is 10.5 Å². The van der Waals surface area contributed by atoms with Gasteiger partial charge in [0.2, 0.25) is 0 Å². The van der Waals surface area contributed by atoms with Crippen molar-refractivity contribution >= 4 is 23.7 Å². The maximum Gasteiger partial charge on any atom is 0.329 e. The highest BCUT2D eigenvalue weighted by Crippen LogP contribution is 2.38. The van der Waals surface area contributed by atoms with Crippen molar-refractivity contribution in [3.63, 3.8) is 0 Å². The lowest BCUT2D eigenvalue weighted by molar-refractivity contribution is 0.0456. The molecular formula is C20H29N3OS. The van der Waals surface area contributed by atoms with Crippen molar-refractivity contribution < 1.29 is 4.79 Å². The van der Waals surface area contributed by atoms with Gasteiger partial charge in [0.05, 0.1) is 0 Å². The minimum Gasteiger partial charge on any atom is -0.307 e. The van der Waals surface area contributed by atoms with E-state index >= 15 is 0 Å². The number of anilines is 1. The van der Waals surface area contributed by atoms with Gasteiger partial charge in [0, 0.05) is 30.1 Å². The number of nitrogens with zero attached hydrogens (tertiary/aromatic N) is 1. The number of amides is 2. The Hall–Kier alpha value is -1.20. The van der Waals surface area contributed by atoms with Crippen LogP contribution in [0, 0.1) is 0 Å². The maximum atomic E-state index is 12.4. The molecule has 136 valence electrons. The predicted molar refractivity (Wildman–Crippen MR) is 105 cm³/mol. The van der Waals surface area contributed by atoms with E-state index in [0.29, 0.717) is 12.1 Å². The smallest absolute Gasteiger partial charge is 0.307 e. The molecule has 1 saturated heterocycles. The molecule has 0 aromatic heterocycles. The van der Waals surface area contributed by atoms with Crippen molar-refractivity contribution in [3.05, 3.63) is 28.3 Å². The fraction of sp³-hybridized carbons (Fsp3) is 0.650. The summed E-state index contributed by atoms with van der Waals surface area (Å²) in [6.45, 7) is 5.60. The second-order valence-electron chi connectivity index (χ2n) is 7.81. The largest absolute Gasteiger partial charge is 0.329 e. The van der Waals surface area contributed by atoms with Crippen molar-refractivity contribution in [1.82, 2.24) is 9.62 Å². The molecule has 2 aliphatic carbocycles. The second-order valence-corrected chi connectivity index (χ2v) is 8.71. The van der Waals surface area contributed by atoms with Crippen molar-refractivity contribution in [1.29, 1.82) is 0 Å². The van der Waals surface area contributed by atoms with Crippen LogP contribution in [-0.2, 0) is 25.7 Å². The molecule has 0 radical (unpaired) electrons. The number of nitrogens with one attached hydrogen (secondary N) is 2. The van der Waals surface area contributed by atoms with Gasteiger partial charge in [-0.3, -0.25) is 9.62 Å². The topological polar surface area (TPSA) is 44.4 Å². The van der Waals surface area contributed by atoms with Gasteiger partial charge in [-0.2, -0.15) is 0 Å². The van der Waals surface area contributed by atoms with Gasteiger partial charge < -0.3 is 5.32 Å². The summed E-state index contributed by atoms with van der Waals surface area (Å²) >= 11 is 1.53. The van der Waals surface area contributed by atoms with E-state index < -0.39 is 0 Å². The highest BCUT2D eigenvalue weighted by molar-refractivity contribution is 7.97. The fourth-order valence-electron chi connectivity index (χ4n) is 4.88. The van der Waals surface area contributed by atoms with E-state index in [2.05, 4.69) is 34.9 Å². The van der Waals surface area contributed by atoms with Gasteiger partial charge in [0.1, 0.15) is 0 Å². The van der Waals surface area contributed by atoms with Crippen molar-refractivity contribution in [2.24, 2.45) is 0 Å². The van der Waals surface area contributed by atoms with Gasteiger partial charge in [-0.15, -0.1) is 0 Å². The summed E-state index contributed by atoms with van der Waals surface area (Å²) in [5, 5.41) is 3.19. The van der Waals surface area contributed by atoms with Gasteiger partial charge >= 0.3 is 6.03 Å². The zero-order valence-electron chi connectivity index (χ0n) is 15.4. The highest BCUT2D eigenvalue weighted by atomic mass is 32.2. The molecule has 4 nitrogen and oxygen atoms in total. The molecule has 0 saturated carbocycles. The monoisotopic (exact) mass is 359 g/mol. The summed E-state index contributed by atoms with van der Waals surface area (Å²) in [6.07, 6.45) is 8.28. The SMILES string of the molecule is CC1CC(C)N1CCSNC(=O)Nc1c2c(cc3c1CCC3)CCC2. The Morgan fingerprint density at radius 2 is 1.76 bits per heavy atom. The normalized spacial score (nSPS) is 24.6. The third-order valence-corrected chi connectivity index (χ3v) is 6.86. The van der Waals surface area contributed by atoms with Crippen LogP contribution in [0.3, 0.4) is 0 Å². The molecule has 4 rings (SSSR count). The van der Waals surface area contributed by atoms with Crippen LogP contribution in [0.15, 0.2) is 6.07 Å². The first-order valence-corrected chi connectivity index (χ1v) is 10.7. The molecule has 2 unspecified atom stereocenters. The molecule has 3 aliphatic rings. The quantitative estimate of drug-likeness (QED) is 0.619. The zero-order valence-corrected chi connectivity index (χ0v) is 16.2. The standard InChI is InChI=1S/C20H29N3OS/c1-13-11-14(2)23(13)9-10-25-22-20(24)21-19-17-7-3-5-15(17)12-16-6-4-8-18(16)19/h12-14H,3-11H2,1-2H3,(H2,21,22,24). The number of carbonyl (C=O) groups excluding carboxylic acids is 1. The first kappa shape index (κ1) is 17.2. The summed E-state index contributed by atoms with van der Waals surface area (Å²) < 4.78 is 2.99. The molecule has 2 N–H and O–H groups in total. The van der Waals surface area contributed by atoms with Crippen LogP contribution in [-0.4, -0.2) is 35.3 Å². The van der Waals surface area contributed by atoms with E-state index in [1.54, 1.807) is 0 Å². The molecule has 1 aliphatic heterocycles. The lowest BCUT2D eigenvalue weighted by atomic mass is 9.96. The Bertz CT molecular complexity index is 635. The molecule has 2 amide bonds. The number of benzene rings is 1. The van der Waals surface area contributed by atoms with E-state index in [1.165, 1.54) is 66.3 Å². The van der Waals surface area contributed by atoms with Gasteiger partial charge in [0.25, 0.3) is 0 Å². The summed E-state index contributed by atoms with van der Waals surface area (Å²) in [6, 6.07) is 3.72. The Kier molecular flexibility index (Phi) is 4.96. The third-order valence-electron chi connectivity index (χ3n) is 6.14. The average molecular weight is 360 g/mol. The number of aryl methyl sites for hydroxylation is 2. The number of urea groups is 1. The number of fused-ring (bicyclic) bond motifs is 2. The first-order valence-electron chi connectivity index (χ1n) is 9.74. The molecule has 0 bridgehead atoms. The second kappa shape index (κ2) is 7.20. The first-order chi connectivity index (χ1) is 12.1. The van der Waals surface area contributed by atoms with Gasteiger partial charge in [0.15, 0.2) is 0 Å². The van der Waals surface area contributed by atoms with Gasteiger partial charge in [-0.25, -0.2) is 4.79 Å². The molecule has 0 spiro atoms. The number of hydrogen-bond donors (Lipinski definition) is 2. The summed E-state index contributed by atoms with van der Waals surface area (Å²) in [5.74, 6) is 0.938. The van der Waals surface area contributed by atoms with Gasteiger partial charge in [-0.05, 0) is 93.0 Å². The fourth-order valence-corrected chi connectivity index (χ4v) is 5.46. The van der Waals surface area contributed by atoms with Gasteiger partial charge in [-0.1, -0.05) is 6.07 Å². The van der Waals surface area contributed by atoms with Crippen LogP contribution in [0.2, 0.25) is 0 Å². The Balaban J connectivity index is 1.33. The molecule has 1 aromatic rings. The number of hydrogen-bond acceptors (Lipinski definition) is 3. The molecule has 1 aromatic carbocycles. The molecule has 1 fully saturated rings. The zero-order chi connectivity index (χ0) is 17.4.